The quantitative estimate of drug-likeness (QED) is 0.479. The molecule has 0 unspecified atom stereocenters. The largest absolute Gasteiger partial charge is 0.508 e. The Kier molecular flexibility index (Phi) is 5.29. The van der Waals surface area contributed by atoms with Gasteiger partial charge in [-0.3, -0.25) is 0 Å². The van der Waals surface area contributed by atoms with Gasteiger partial charge in [0.2, 0.25) is 5.00 Å². The molecule has 0 saturated carbocycles. The maximum absolute atomic E-state index is 11.6. The van der Waals surface area contributed by atoms with Crippen molar-refractivity contribution in [1.29, 1.82) is 0 Å². The van der Waals surface area contributed by atoms with Crippen molar-refractivity contribution in [2.45, 2.75) is 18.0 Å². The van der Waals surface area contributed by atoms with Crippen LogP contribution in [0.3, 0.4) is 0 Å². The van der Waals surface area contributed by atoms with Crippen molar-refractivity contribution in [1.82, 2.24) is 4.42 Å². The van der Waals surface area contributed by atoms with E-state index in [4.69, 9.17) is 23.4 Å². The first-order valence-corrected chi connectivity index (χ1v) is 7.31. The standard InChI is InChI=1S/C16H15Cl2NO3/c17-16(15(21)22,10-12-6-8-14(20)9-7-12)19(18)11-13-4-2-1-3-5-13/h1-9,20H,10-11H2,(H,21,22)/t16-/m0/s1. The molecule has 2 N–H and O–H groups in total. The van der Waals surface area contributed by atoms with Gasteiger partial charge in [0.1, 0.15) is 5.75 Å². The predicted octanol–water partition coefficient (Wildman–Crippen LogP) is 3.61. The molecule has 4 nitrogen and oxygen atoms in total. The Labute approximate surface area is 138 Å². The van der Waals surface area contributed by atoms with Gasteiger partial charge in [-0.25, -0.2) is 4.79 Å². The van der Waals surface area contributed by atoms with Gasteiger partial charge in [-0.2, -0.15) is 4.42 Å². The summed E-state index contributed by atoms with van der Waals surface area (Å²) in [6.45, 7) is 0.191. The van der Waals surface area contributed by atoms with Crippen LogP contribution in [-0.4, -0.2) is 25.6 Å². The Morgan fingerprint density at radius 3 is 2.18 bits per heavy atom. The van der Waals surface area contributed by atoms with Gasteiger partial charge in [0, 0.05) is 13.0 Å². The normalized spacial score (nSPS) is 13.8. The Bertz CT molecular complexity index is 634. The smallest absolute Gasteiger partial charge is 0.341 e. The maximum Gasteiger partial charge on any atom is 0.341 e. The molecule has 6 heteroatoms. The maximum atomic E-state index is 11.6. The Balaban J connectivity index is 2.19. The number of halogens is 2. The van der Waals surface area contributed by atoms with E-state index in [9.17, 15) is 15.0 Å². The molecule has 2 aromatic rings. The number of aliphatic carboxylic acids is 1. The number of hydrogen-bond acceptors (Lipinski definition) is 3. The summed E-state index contributed by atoms with van der Waals surface area (Å²) in [6, 6.07) is 15.4. The molecule has 0 aliphatic carbocycles. The van der Waals surface area contributed by atoms with Gasteiger partial charge in [0.15, 0.2) is 0 Å². The lowest BCUT2D eigenvalue weighted by molar-refractivity contribution is -0.143. The van der Waals surface area contributed by atoms with Gasteiger partial charge in [-0.05, 0) is 35.0 Å². The molecule has 0 radical (unpaired) electrons. The Hall–Kier alpha value is -1.75. The fourth-order valence-electron chi connectivity index (χ4n) is 2.02. The van der Waals surface area contributed by atoms with Gasteiger partial charge in [0.25, 0.3) is 0 Å². The van der Waals surface area contributed by atoms with Crippen LogP contribution in [0.1, 0.15) is 11.1 Å². The van der Waals surface area contributed by atoms with Crippen LogP contribution in [0.5, 0.6) is 5.75 Å². The van der Waals surface area contributed by atoms with Gasteiger partial charge in [-0.1, -0.05) is 54.1 Å². The number of nitrogens with zero attached hydrogens (tertiary/aromatic N) is 1. The van der Waals surface area contributed by atoms with E-state index in [1.165, 1.54) is 12.1 Å². The first kappa shape index (κ1) is 16.6. The second kappa shape index (κ2) is 7.01. The van der Waals surface area contributed by atoms with Crippen LogP contribution in [-0.2, 0) is 17.8 Å². The highest BCUT2D eigenvalue weighted by Gasteiger charge is 2.42. The van der Waals surface area contributed by atoms with Crippen LogP contribution < -0.4 is 0 Å². The van der Waals surface area contributed by atoms with E-state index in [0.717, 1.165) is 9.98 Å². The second-order valence-corrected chi connectivity index (χ2v) is 5.95. The highest BCUT2D eigenvalue weighted by Crippen LogP contribution is 2.30. The molecular weight excluding hydrogens is 325 g/mol. The lowest BCUT2D eigenvalue weighted by atomic mass is 10.0. The monoisotopic (exact) mass is 339 g/mol. The number of benzene rings is 2. The number of phenols is 1. The number of phenolic OH excluding ortho intramolecular Hbond substituents is 1. The SMILES string of the molecule is O=C(O)[C@](Cl)(Cc1ccc(O)cc1)N(Cl)Cc1ccccc1. The van der Waals surface area contributed by atoms with Crippen molar-refractivity contribution in [2.24, 2.45) is 0 Å². The van der Waals surface area contributed by atoms with Crippen LogP contribution in [0, 0.1) is 0 Å². The van der Waals surface area contributed by atoms with E-state index in [-0.39, 0.29) is 18.7 Å². The third-order valence-corrected chi connectivity index (χ3v) is 4.25. The minimum Gasteiger partial charge on any atom is -0.508 e. The lowest BCUT2D eigenvalue weighted by Gasteiger charge is -2.30. The van der Waals surface area contributed by atoms with Gasteiger partial charge in [0.05, 0.1) is 0 Å². The molecular formula is C16H15Cl2NO3. The van der Waals surface area contributed by atoms with E-state index in [1.54, 1.807) is 12.1 Å². The summed E-state index contributed by atoms with van der Waals surface area (Å²) >= 11 is 12.5. The molecule has 1 atom stereocenters. The summed E-state index contributed by atoms with van der Waals surface area (Å²) in [5, 5.41) is 18.8. The minimum atomic E-state index is -1.78. The first-order chi connectivity index (χ1) is 10.4. The van der Waals surface area contributed by atoms with Gasteiger partial charge in [-0.15, -0.1) is 0 Å². The summed E-state index contributed by atoms with van der Waals surface area (Å²) in [6.07, 6.45) is 0.000498. The fraction of sp³-hybridized carbons (Fsp3) is 0.188. The first-order valence-electron chi connectivity index (χ1n) is 6.59. The van der Waals surface area contributed by atoms with E-state index < -0.39 is 11.0 Å². The zero-order chi connectivity index (χ0) is 16.2. The highest BCUT2D eigenvalue weighted by molar-refractivity contribution is 6.36. The molecule has 116 valence electrons. The Morgan fingerprint density at radius 2 is 1.64 bits per heavy atom. The summed E-state index contributed by atoms with van der Waals surface area (Å²) in [5.41, 5.74) is 1.52. The average molecular weight is 340 g/mol. The molecule has 0 amide bonds. The molecule has 2 rings (SSSR count). The average Bonchev–Trinajstić information content (AvgIpc) is 2.50. The second-order valence-electron chi connectivity index (χ2n) is 4.91. The zero-order valence-corrected chi connectivity index (χ0v) is 13.1. The summed E-state index contributed by atoms with van der Waals surface area (Å²) in [5.74, 6) is -1.13. The third kappa shape index (κ3) is 3.91. The van der Waals surface area contributed by atoms with E-state index in [2.05, 4.69) is 0 Å². The van der Waals surface area contributed by atoms with Gasteiger partial charge >= 0.3 is 5.97 Å². The number of hydrogen-bond donors (Lipinski definition) is 2. The van der Waals surface area contributed by atoms with Crippen LogP contribution >= 0.6 is 23.4 Å². The molecule has 2 aromatic carbocycles. The predicted molar refractivity (Wildman–Crippen MR) is 85.9 cm³/mol. The van der Waals surface area contributed by atoms with Crippen molar-refractivity contribution < 1.29 is 15.0 Å². The molecule has 0 bridgehead atoms. The summed E-state index contributed by atoms with van der Waals surface area (Å²) < 4.78 is 1.08. The molecule has 0 saturated heterocycles. The molecule has 0 aliphatic heterocycles. The number of carboxylic acid groups (broad SMARTS) is 1. The molecule has 0 aliphatic rings. The van der Waals surface area contributed by atoms with Crippen molar-refractivity contribution in [3.05, 3.63) is 65.7 Å². The molecule has 0 fully saturated rings. The zero-order valence-electron chi connectivity index (χ0n) is 11.6. The van der Waals surface area contributed by atoms with E-state index in [0.29, 0.717) is 5.56 Å². The molecule has 22 heavy (non-hydrogen) atoms. The number of alkyl halides is 1. The van der Waals surface area contributed by atoms with Crippen LogP contribution in [0.15, 0.2) is 54.6 Å². The molecule has 0 spiro atoms. The number of rotatable bonds is 6. The van der Waals surface area contributed by atoms with Gasteiger partial charge < -0.3 is 10.2 Å². The highest BCUT2D eigenvalue weighted by atomic mass is 35.5. The summed E-state index contributed by atoms with van der Waals surface area (Å²) in [4.78, 5) is 9.83. The van der Waals surface area contributed by atoms with Crippen molar-refractivity contribution in [3.63, 3.8) is 0 Å². The van der Waals surface area contributed by atoms with Crippen LogP contribution in [0.2, 0.25) is 0 Å². The molecule has 0 aromatic heterocycles. The lowest BCUT2D eigenvalue weighted by Crippen LogP contribution is -2.47. The van der Waals surface area contributed by atoms with Crippen molar-refractivity contribution >= 4 is 29.3 Å². The third-order valence-electron chi connectivity index (χ3n) is 3.25. The number of carbonyl (C=O) groups is 1. The molecule has 0 heterocycles. The van der Waals surface area contributed by atoms with Crippen LogP contribution in [0.25, 0.3) is 0 Å². The summed E-state index contributed by atoms with van der Waals surface area (Å²) in [7, 11) is 0. The Morgan fingerprint density at radius 1 is 1.05 bits per heavy atom. The minimum absolute atomic E-state index is 0.000498. The topological polar surface area (TPSA) is 60.8 Å². The fourth-order valence-corrected chi connectivity index (χ4v) is 2.50. The van der Waals surface area contributed by atoms with Crippen LogP contribution in [0.4, 0.5) is 0 Å². The van der Waals surface area contributed by atoms with E-state index >= 15 is 0 Å². The van der Waals surface area contributed by atoms with Crippen molar-refractivity contribution in [2.75, 3.05) is 0 Å². The van der Waals surface area contributed by atoms with Crippen molar-refractivity contribution in [3.8, 4) is 5.75 Å². The van der Waals surface area contributed by atoms with E-state index in [1.807, 2.05) is 30.3 Å². The number of aromatic hydroxyl groups is 1. The number of carboxylic acids is 1.